The third kappa shape index (κ3) is 3.83. The van der Waals surface area contributed by atoms with Gasteiger partial charge in [-0.15, -0.1) is 5.10 Å². The third-order valence-corrected chi connectivity index (χ3v) is 5.28. The molecule has 6 heteroatoms. The summed E-state index contributed by atoms with van der Waals surface area (Å²) >= 11 is 3.47. The van der Waals surface area contributed by atoms with Gasteiger partial charge in [0.1, 0.15) is 6.73 Å². The van der Waals surface area contributed by atoms with Crippen molar-refractivity contribution in [3.63, 3.8) is 0 Å². The van der Waals surface area contributed by atoms with E-state index in [1.54, 1.807) is 7.11 Å². The van der Waals surface area contributed by atoms with Crippen LogP contribution in [0.3, 0.4) is 0 Å². The first-order valence-electron chi connectivity index (χ1n) is 6.68. The fourth-order valence-corrected chi connectivity index (χ4v) is 3.02. The van der Waals surface area contributed by atoms with E-state index in [9.17, 15) is 0 Å². The molecular weight excluding hydrogens is 336 g/mol. The van der Waals surface area contributed by atoms with E-state index in [1.807, 2.05) is 22.9 Å². The van der Waals surface area contributed by atoms with Crippen molar-refractivity contribution in [2.24, 2.45) is 0 Å². The number of hydrogen-bond donors (Lipinski definition) is 0. The van der Waals surface area contributed by atoms with E-state index in [1.165, 1.54) is 0 Å². The van der Waals surface area contributed by atoms with E-state index >= 15 is 0 Å². The zero-order valence-electron chi connectivity index (χ0n) is 12.4. The molecule has 0 N–H and O–H groups in total. The average Bonchev–Trinajstić information content (AvgIpc) is 2.71. The van der Waals surface area contributed by atoms with E-state index in [2.05, 4.69) is 40.7 Å². The lowest BCUT2D eigenvalue weighted by Gasteiger charge is -2.15. The molecule has 0 bridgehead atoms. The van der Waals surface area contributed by atoms with E-state index in [-0.39, 0.29) is 0 Å². The summed E-state index contributed by atoms with van der Waals surface area (Å²) in [6, 6.07) is 7.20. The van der Waals surface area contributed by atoms with Crippen LogP contribution in [0.5, 0.6) is 5.88 Å². The third-order valence-electron chi connectivity index (χ3n) is 3.08. The second kappa shape index (κ2) is 6.28. The monoisotopic (exact) mass is 356 g/mol. The Hall–Kier alpha value is -0.853. The number of benzene rings is 1. The minimum absolute atomic E-state index is 0.464. The van der Waals surface area contributed by atoms with Crippen molar-refractivity contribution < 1.29 is 9.47 Å². The Bertz CT molecular complexity index is 593. The SMILES string of the molecule is COc1nn(COCC[Si](C)(C)C)c2ccc(Br)cc12. The molecule has 0 spiro atoms. The first-order valence-corrected chi connectivity index (χ1v) is 11.2. The van der Waals surface area contributed by atoms with Crippen LogP contribution in [-0.4, -0.2) is 31.6 Å². The van der Waals surface area contributed by atoms with Crippen molar-refractivity contribution in [2.75, 3.05) is 13.7 Å². The molecule has 4 nitrogen and oxygen atoms in total. The number of ether oxygens (including phenoxy) is 2. The normalized spacial score (nSPS) is 12.1. The molecule has 0 aliphatic rings. The Morgan fingerprint density at radius 2 is 2.05 bits per heavy atom. The molecule has 0 unspecified atom stereocenters. The molecule has 0 amide bonds. The first kappa shape index (κ1) is 15.5. The number of aromatic nitrogens is 2. The van der Waals surface area contributed by atoms with Gasteiger partial charge in [-0.25, -0.2) is 4.68 Å². The van der Waals surface area contributed by atoms with Gasteiger partial charge in [-0.1, -0.05) is 35.6 Å². The average molecular weight is 357 g/mol. The van der Waals surface area contributed by atoms with Crippen LogP contribution < -0.4 is 4.74 Å². The van der Waals surface area contributed by atoms with Crippen LogP contribution in [0.1, 0.15) is 0 Å². The predicted molar refractivity (Wildman–Crippen MR) is 88.1 cm³/mol. The zero-order chi connectivity index (χ0) is 14.8. The minimum atomic E-state index is -1.04. The van der Waals surface area contributed by atoms with Crippen molar-refractivity contribution in [1.29, 1.82) is 0 Å². The van der Waals surface area contributed by atoms with Gasteiger partial charge >= 0.3 is 0 Å². The summed E-state index contributed by atoms with van der Waals surface area (Å²) in [4.78, 5) is 0. The first-order chi connectivity index (χ1) is 9.40. The second-order valence-electron chi connectivity index (χ2n) is 6.02. The van der Waals surface area contributed by atoms with E-state index in [0.29, 0.717) is 12.6 Å². The summed E-state index contributed by atoms with van der Waals surface area (Å²) in [5.74, 6) is 0.634. The highest BCUT2D eigenvalue weighted by atomic mass is 79.9. The molecule has 0 saturated heterocycles. The molecule has 0 radical (unpaired) electrons. The fourth-order valence-electron chi connectivity index (χ4n) is 1.90. The molecule has 20 heavy (non-hydrogen) atoms. The molecule has 2 rings (SSSR count). The Kier molecular flexibility index (Phi) is 4.88. The summed E-state index contributed by atoms with van der Waals surface area (Å²) in [6.45, 7) is 8.29. The molecule has 1 heterocycles. The van der Waals surface area contributed by atoms with Gasteiger partial charge in [-0.3, -0.25) is 0 Å². The van der Waals surface area contributed by atoms with Crippen molar-refractivity contribution in [1.82, 2.24) is 9.78 Å². The Balaban J connectivity index is 2.10. The predicted octanol–water partition coefficient (Wildman–Crippen LogP) is 4.12. The quantitative estimate of drug-likeness (QED) is 0.576. The van der Waals surface area contributed by atoms with Crippen LogP contribution in [0.4, 0.5) is 0 Å². The molecular formula is C14H21BrN2O2Si. The molecule has 1 aromatic heterocycles. The van der Waals surface area contributed by atoms with Crippen molar-refractivity contribution in [3.05, 3.63) is 22.7 Å². The molecule has 0 aliphatic heterocycles. The molecule has 0 saturated carbocycles. The van der Waals surface area contributed by atoms with Gasteiger partial charge in [0.2, 0.25) is 5.88 Å². The molecule has 2 aromatic rings. The summed E-state index contributed by atoms with van der Waals surface area (Å²) in [7, 11) is 0.594. The lowest BCUT2D eigenvalue weighted by molar-refractivity contribution is 0.0807. The minimum Gasteiger partial charge on any atom is -0.479 e. The lowest BCUT2D eigenvalue weighted by atomic mass is 10.2. The number of hydrogen-bond acceptors (Lipinski definition) is 3. The van der Waals surface area contributed by atoms with Gasteiger partial charge in [0.25, 0.3) is 0 Å². The molecule has 0 atom stereocenters. The van der Waals surface area contributed by atoms with Gasteiger partial charge in [0, 0.05) is 19.2 Å². The Labute approximate surface area is 129 Å². The van der Waals surface area contributed by atoms with Crippen molar-refractivity contribution in [3.8, 4) is 5.88 Å². The highest BCUT2D eigenvalue weighted by Crippen LogP contribution is 2.27. The van der Waals surface area contributed by atoms with Gasteiger partial charge < -0.3 is 9.47 Å². The molecule has 0 fully saturated rings. The zero-order valence-corrected chi connectivity index (χ0v) is 15.0. The number of rotatable bonds is 6. The maximum absolute atomic E-state index is 5.76. The maximum Gasteiger partial charge on any atom is 0.240 e. The number of fused-ring (bicyclic) bond motifs is 1. The van der Waals surface area contributed by atoms with Crippen LogP contribution in [-0.2, 0) is 11.5 Å². The summed E-state index contributed by atoms with van der Waals surface area (Å²) in [5, 5.41) is 5.44. The maximum atomic E-state index is 5.76. The standard InChI is InChI=1S/C14H21BrN2O2Si/c1-18-14-12-9-11(15)5-6-13(12)17(16-14)10-19-7-8-20(2,3)4/h5-6,9H,7-8,10H2,1-4H3. The fraction of sp³-hybridized carbons (Fsp3) is 0.500. The van der Waals surface area contributed by atoms with E-state index in [4.69, 9.17) is 9.47 Å². The molecule has 0 aliphatic carbocycles. The van der Waals surface area contributed by atoms with E-state index < -0.39 is 8.07 Å². The van der Waals surface area contributed by atoms with Gasteiger partial charge in [-0.05, 0) is 24.2 Å². The second-order valence-corrected chi connectivity index (χ2v) is 12.6. The largest absolute Gasteiger partial charge is 0.479 e. The van der Waals surface area contributed by atoms with Crippen LogP contribution in [0, 0.1) is 0 Å². The molecule has 110 valence electrons. The highest BCUT2D eigenvalue weighted by molar-refractivity contribution is 9.10. The molecule has 1 aromatic carbocycles. The lowest BCUT2D eigenvalue weighted by Crippen LogP contribution is -2.22. The van der Waals surface area contributed by atoms with Gasteiger partial charge in [0.15, 0.2) is 0 Å². The van der Waals surface area contributed by atoms with Crippen LogP contribution in [0.2, 0.25) is 25.7 Å². The van der Waals surface area contributed by atoms with Crippen LogP contribution in [0.25, 0.3) is 10.9 Å². The Morgan fingerprint density at radius 1 is 1.30 bits per heavy atom. The smallest absolute Gasteiger partial charge is 0.240 e. The Morgan fingerprint density at radius 3 is 2.70 bits per heavy atom. The van der Waals surface area contributed by atoms with Crippen molar-refractivity contribution in [2.45, 2.75) is 32.4 Å². The van der Waals surface area contributed by atoms with Crippen molar-refractivity contribution >= 4 is 34.9 Å². The van der Waals surface area contributed by atoms with Crippen LogP contribution in [0.15, 0.2) is 22.7 Å². The van der Waals surface area contributed by atoms with Gasteiger partial charge in [0.05, 0.1) is 18.0 Å². The van der Waals surface area contributed by atoms with Crippen LogP contribution >= 0.6 is 15.9 Å². The van der Waals surface area contributed by atoms with Gasteiger partial charge in [-0.2, -0.15) is 0 Å². The number of methoxy groups -OCH3 is 1. The topological polar surface area (TPSA) is 36.3 Å². The highest BCUT2D eigenvalue weighted by Gasteiger charge is 2.14. The summed E-state index contributed by atoms with van der Waals surface area (Å²) < 4.78 is 14.0. The summed E-state index contributed by atoms with van der Waals surface area (Å²) in [6.07, 6.45) is 0. The summed E-state index contributed by atoms with van der Waals surface area (Å²) in [5.41, 5.74) is 1.03. The number of halogens is 1. The number of nitrogens with zero attached hydrogens (tertiary/aromatic N) is 2. The van der Waals surface area contributed by atoms with E-state index in [0.717, 1.165) is 28.0 Å².